The second kappa shape index (κ2) is 16.0. The van der Waals surface area contributed by atoms with Gasteiger partial charge in [-0.3, -0.25) is 9.59 Å². The van der Waals surface area contributed by atoms with E-state index in [2.05, 4.69) is 13.2 Å². The average molecular weight is 487 g/mol. The molecule has 0 rings (SSSR count). The van der Waals surface area contributed by atoms with Gasteiger partial charge in [0, 0.05) is 12.2 Å². The molecule has 0 bridgehead atoms. The van der Waals surface area contributed by atoms with Gasteiger partial charge in [0.15, 0.2) is 6.10 Å². The Morgan fingerprint density at radius 1 is 0.882 bits per heavy atom. The average Bonchev–Trinajstić information content (AvgIpc) is 2.79. The SMILES string of the molecule is C=CC(=O)OCC(COC(=O)C(CC(CC)C(=O)OCC(O)CO)CC(C)(C)C)OC(=O)C=C. The summed E-state index contributed by atoms with van der Waals surface area (Å²) in [6.07, 6.45) is 0.571. The molecule has 0 fully saturated rings. The lowest BCUT2D eigenvalue weighted by atomic mass is 9.80. The van der Waals surface area contributed by atoms with Gasteiger partial charge in [-0.15, -0.1) is 0 Å². The number of aliphatic hydroxyl groups is 2. The Morgan fingerprint density at radius 2 is 1.41 bits per heavy atom. The zero-order chi connectivity index (χ0) is 26.3. The number of rotatable bonds is 16. The van der Waals surface area contributed by atoms with Crippen molar-refractivity contribution in [1.29, 1.82) is 0 Å². The molecule has 34 heavy (non-hydrogen) atoms. The fourth-order valence-corrected chi connectivity index (χ4v) is 2.98. The Labute approximate surface area is 200 Å². The highest BCUT2D eigenvalue weighted by atomic mass is 16.6. The molecule has 0 aromatic heterocycles. The van der Waals surface area contributed by atoms with Crippen molar-refractivity contribution in [2.24, 2.45) is 17.3 Å². The standard InChI is InChI=1S/C24H38O10/c1-7-16(22(29)32-13-18(26)12-25)10-17(11-24(4,5)6)23(30)33-15-19(34-21(28)9-3)14-31-20(27)8-2/h8-9,16-19,25-26H,2-3,7,10-15H2,1,4-6H3. The van der Waals surface area contributed by atoms with Crippen LogP contribution in [0.2, 0.25) is 0 Å². The minimum absolute atomic E-state index is 0.142. The third-order valence-electron chi connectivity index (χ3n) is 4.66. The number of hydrogen-bond donors (Lipinski definition) is 2. The highest BCUT2D eigenvalue weighted by molar-refractivity contribution is 5.82. The van der Waals surface area contributed by atoms with Crippen molar-refractivity contribution in [3.05, 3.63) is 25.3 Å². The summed E-state index contributed by atoms with van der Waals surface area (Å²) in [7, 11) is 0. The van der Waals surface area contributed by atoms with Crippen LogP contribution in [0, 0.1) is 17.3 Å². The van der Waals surface area contributed by atoms with Gasteiger partial charge < -0.3 is 29.2 Å². The predicted octanol–water partition coefficient (Wildman–Crippen LogP) is 1.72. The van der Waals surface area contributed by atoms with Crippen LogP contribution in [-0.2, 0) is 38.1 Å². The molecule has 4 atom stereocenters. The second-order valence-corrected chi connectivity index (χ2v) is 9.00. The normalized spacial score (nSPS) is 14.6. The van der Waals surface area contributed by atoms with E-state index in [0.29, 0.717) is 12.8 Å². The molecule has 0 aromatic carbocycles. The molecule has 194 valence electrons. The molecular formula is C24H38O10. The zero-order valence-corrected chi connectivity index (χ0v) is 20.5. The van der Waals surface area contributed by atoms with Gasteiger partial charge in [-0.2, -0.15) is 0 Å². The van der Waals surface area contributed by atoms with E-state index in [1.165, 1.54) is 0 Å². The number of aliphatic hydroxyl groups excluding tert-OH is 2. The molecule has 0 saturated carbocycles. The van der Waals surface area contributed by atoms with E-state index >= 15 is 0 Å². The lowest BCUT2D eigenvalue weighted by Gasteiger charge is -2.27. The Hall–Kier alpha value is -2.72. The first-order valence-corrected chi connectivity index (χ1v) is 11.1. The highest BCUT2D eigenvalue weighted by Gasteiger charge is 2.32. The van der Waals surface area contributed by atoms with Crippen molar-refractivity contribution < 1.29 is 48.3 Å². The summed E-state index contributed by atoms with van der Waals surface area (Å²) in [4.78, 5) is 48.2. The van der Waals surface area contributed by atoms with Gasteiger partial charge in [-0.25, -0.2) is 9.59 Å². The predicted molar refractivity (Wildman–Crippen MR) is 122 cm³/mol. The summed E-state index contributed by atoms with van der Waals surface area (Å²) in [5, 5.41) is 18.3. The third kappa shape index (κ3) is 13.7. The van der Waals surface area contributed by atoms with E-state index in [-0.39, 0.29) is 31.7 Å². The largest absolute Gasteiger partial charge is 0.463 e. The van der Waals surface area contributed by atoms with E-state index < -0.39 is 54.5 Å². The summed E-state index contributed by atoms with van der Waals surface area (Å²) >= 11 is 0. The van der Waals surface area contributed by atoms with Crippen molar-refractivity contribution in [3.8, 4) is 0 Å². The van der Waals surface area contributed by atoms with Gasteiger partial charge >= 0.3 is 23.9 Å². The quantitative estimate of drug-likeness (QED) is 0.188. The third-order valence-corrected chi connectivity index (χ3v) is 4.66. The number of carbonyl (C=O) groups excluding carboxylic acids is 4. The molecule has 0 saturated heterocycles. The van der Waals surface area contributed by atoms with Crippen LogP contribution in [-0.4, -0.2) is 72.7 Å². The molecule has 10 heteroatoms. The maximum Gasteiger partial charge on any atom is 0.330 e. The Kier molecular flexibility index (Phi) is 14.7. The first kappa shape index (κ1) is 31.3. The van der Waals surface area contributed by atoms with Crippen molar-refractivity contribution in [2.75, 3.05) is 26.4 Å². The Morgan fingerprint density at radius 3 is 1.91 bits per heavy atom. The molecule has 0 aliphatic heterocycles. The van der Waals surface area contributed by atoms with Gasteiger partial charge in [0.1, 0.15) is 25.9 Å². The number of carbonyl (C=O) groups is 4. The van der Waals surface area contributed by atoms with E-state index in [1.807, 2.05) is 20.8 Å². The molecule has 0 aromatic rings. The van der Waals surface area contributed by atoms with Crippen LogP contribution in [0.3, 0.4) is 0 Å². The van der Waals surface area contributed by atoms with E-state index in [4.69, 9.17) is 24.1 Å². The van der Waals surface area contributed by atoms with Crippen LogP contribution < -0.4 is 0 Å². The fourth-order valence-electron chi connectivity index (χ4n) is 2.98. The zero-order valence-electron chi connectivity index (χ0n) is 20.5. The van der Waals surface area contributed by atoms with Crippen LogP contribution in [0.1, 0.15) is 47.0 Å². The smallest absolute Gasteiger partial charge is 0.330 e. The maximum atomic E-state index is 12.9. The van der Waals surface area contributed by atoms with Crippen LogP contribution >= 0.6 is 0 Å². The molecule has 0 aliphatic carbocycles. The van der Waals surface area contributed by atoms with E-state index in [9.17, 15) is 24.3 Å². The minimum Gasteiger partial charge on any atom is -0.463 e. The maximum absolute atomic E-state index is 12.9. The Balaban J connectivity index is 5.31. The summed E-state index contributed by atoms with van der Waals surface area (Å²) in [6.45, 7) is 12.6. The minimum atomic E-state index is -1.18. The number of hydrogen-bond acceptors (Lipinski definition) is 10. The summed E-state index contributed by atoms with van der Waals surface area (Å²) in [5.41, 5.74) is -0.271. The van der Waals surface area contributed by atoms with Gasteiger partial charge in [0.25, 0.3) is 0 Å². The molecule has 0 radical (unpaired) electrons. The van der Waals surface area contributed by atoms with Gasteiger partial charge in [0.05, 0.1) is 18.4 Å². The van der Waals surface area contributed by atoms with E-state index in [1.54, 1.807) is 6.92 Å². The number of ether oxygens (including phenoxy) is 4. The highest BCUT2D eigenvalue weighted by Crippen LogP contribution is 2.31. The molecular weight excluding hydrogens is 448 g/mol. The van der Waals surface area contributed by atoms with Gasteiger partial charge in [0.2, 0.25) is 0 Å². The first-order valence-electron chi connectivity index (χ1n) is 11.1. The lowest BCUT2D eigenvalue weighted by Crippen LogP contribution is -2.34. The monoisotopic (exact) mass is 486 g/mol. The van der Waals surface area contributed by atoms with Crippen LogP contribution in [0.4, 0.5) is 0 Å². The molecule has 0 spiro atoms. The van der Waals surface area contributed by atoms with Crippen LogP contribution in [0.5, 0.6) is 0 Å². The summed E-state index contributed by atoms with van der Waals surface area (Å²) in [6, 6.07) is 0. The molecule has 10 nitrogen and oxygen atoms in total. The molecule has 0 heterocycles. The molecule has 0 amide bonds. The first-order chi connectivity index (χ1) is 15.9. The molecule has 0 aliphatic rings. The van der Waals surface area contributed by atoms with Crippen molar-refractivity contribution >= 4 is 23.9 Å². The lowest BCUT2D eigenvalue weighted by molar-refractivity contribution is -0.165. The molecule has 4 unspecified atom stereocenters. The topological polar surface area (TPSA) is 146 Å². The van der Waals surface area contributed by atoms with Crippen LogP contribution in [0.25, 0.3) is 0 Å². The summed E-state index contributed by atoms with van der Waals surface area (Å²) < 4.78 is 20.4. The summed E-state index contributed by atoms with van der Waals surface area (Å²) in [5.74, 6) is -4.00. The fraction of sp³-hybridized carbons (Fsp3) is 0.667. The molecule has 2 N–H and O–H groups in total. The van der Waals surface area contributed by atoms with Crippen LogP contribution in [0.15, 0.2) is 25.3 Å². The van der Waals surface area contributed by atoms with Gasteiger partial charge in [-0.05, 0) is 24.7 Å². The Bertz CT molecular complexity index is 694. The number of esters is 4. The van der Waals surface area contributed by atoms with Gasteiger partial charge in [-0.1, -0.05) is 40.9 Å². The van der Waals surface area contributed by atoms with Crippen molar-refractivity contribution in [2.45, 2.75) is 59.2 Å². The van der Waals surface area contributed by atoms with Crippen molar-refractivity contribution in [3.63, 3.8) is 0 Å². The second-order valence-electron chi connectivity index (χ2n) is 9.00. The van der Waals surface area contributed by atoms with E-state index in [0.717, 1.165) is 12.2 Å². The van der Waals surface area contributed by atoms with Crippen molar-refractivity contribution in [1.82, 2.24) is 0 Å².